The van der Waals surface area contributed by atoms with Crippen molar-refractivity contribution in [1.82, 2.24) is 14.8 Å². The summed E-state index contributed by atoms with van der Waals surface area (Å²) in [6, 6.07) is 24.4. The van der Waals surface area contributed by atoms with Gasteiger partial charge in [-0.2, -0.15) is 0 Å². The van der Waals surface area contributed by atoms with Gasteiger partial charge in [-0.05, 0) is 36.2 Å². The molecule has 1 amide bonds. The number of benzene rings is 3. The maximum Gasteiger partial charge on any atom is 0.293 e. The van der Waals surface area contributed by atoms with Crippen molar-refractivity contribution in [3.8, 4) is 5.69 Å². The first kappa shape index (κ1) is 22.2. The van der Waals surface area contributed by atoms with E-state index in [1.807, 2.05) is 65.2 Å². The number of hydrogen-bond acceptors (Lipinski definition) is 6. The summed E-state index contributed by atoms with van der Waals surface area (Å²) in [6.07, 6.45) is 0.588. The number of carbonyl (C=O) groups is 1. The second kappa shape index (κ2) is 10.1. The lowest BCUT2D eigenvalue weighted by Gasteiger charge is -2.11. The van der Waals surface area contributed by atoms with Crippen LogP contribution in [0.5, 0.6) is 0 Å². The predicted octanol–water partition coefficient (Wildman–Crippen LogP) is 4.81. The number of nitro groups is 1. The molecule has 1 aromatic heterocycles. The van der Waals surface area contributed by atoms with E-state index in [0.717, 1.165) is 22.6 Å². The van der Waals surface area contributed by atoms with Crippen molar-refractivity contribution in [1.29, 1.82) is 0 Å². The molecular weight excluding hydrogens is 438 g/mol. The molecule has 0 fully saturated rings. The van der Waals surface area contributed by atoms with E-state index in [1.165, 1.54) is 17.8 Å². The number of rotatable bonds is 8. The smallest absolute Gasteiger partial charge is 0.293 e. The molecule has 4 aromatic rings. The van der Waals surface area contributed by atoms with E-state index < -0.39 is 4.92 Å². The third-order valence-electron chi connectivity index (χ3n) is 4.88. The van der Waals surface area contributed by atoms with E-state index in [1.54, 1.807) is 19.1 Å². The van der Waals surface area contributed by atoms with Gasteiger partial charge in [-0.25, -0.2) is 0 Å². The van der Waals surface area contributed by atoms with Crippen LogP contribution in [0.1, 0.15) is 17.0 Å². The van der Waals surface area contributed by atoms with Crippen molar-refractivity contribution >= 4 is 29.0 Å². The minimum atomic E-state index is -0.502. The van der Waals surface area contributed by atoms with Crippen molar-refractivity contribution in [2.24, 2.45) is 0 Å². The number of aryl methyl sites for hydroxylation is 1. The summed E-state index contributed by atoms with van der Waals surface area (Å²) in [6.45, 7) is 1.76. The zero-order valence-corrected chi connectivity index (χ0v) is 18.7. The Morgan fingerprint density at radius 3 is 2.42 bits per heavy atom. The fourth-order valence-electron chi connectivity index (χ4n) is 3.34. The molecule has 0 aliphatic heterocycles. The quantitative estimate of drug-likeness (QED) is 0.231. The maximum absolute atomic E-state index is 12.6. The summed E-state index contributed by atoms with van der Waals surface area (Å²) in [5.41, 5.74) is 2.78. The fourth-order valence-corrected chi connectivity index (χ4v) is 4.11. The first-order valence-electron chi connectivity index (χ1n) is 10.2. The Morgan fingerprint density at radius 2 is 1.73 bits per heavy atom. The van der Waals surface area contributed by atoms with Crippen LogP contribution in [-0.2, 0) is 11.2 Å². The van der Waals surface area contributed by atoms with Crippen LogP contribution in [0.4, 0.5) is 11.4 Å². The van der Waals surface area contributed by atoms with Crippen LogP contribution in [-0.4, -0.2) is 31.3 Å². The van der Waals surface area contributed by atoms with Gasteiger partial charge in [0.15, 0.2) is 5.16 Å². The van der Waals surface area contributed by atoms with Gasteiger partial charge >= 0.3 is 0 Å². The normalized spacial score (nSPS) is 10.7. The third kappa shape index (κ3) is 5.45. The summed E-state index contributed by atoms with van der Waals surface area (Å²) < 4.78 is 1.93. The van der Waals surface area contributed by atoms with Crippen molar-refractivity contribution in [3.05, 3.63) is 106 Å². The van der Waals surface area contributed by atoms with E-state index in [2.05, 4.69) is 15.5 Å². The van der Waals surface area contributed by atoms with E-state index in [4.69, 9.17) is 0 Å². The monoisotopic (exact) mass is 459 g/mol. The molecule has 0 saturated heterocycles. The lowest BCUT2D eigenvalue weighted by atomic mass is 10.1. The second-order valence-electron chi connectivity index (χ2n) is 7.35. The third-order valence-corrected chi connectivity index (χ3v) is 5.81. The van der Waals surface area contributed by atoms with Crippen LogP contribution in [0.15, 0.2) is 84.0 Å². The number of anilines is 1. The van der Waals surface area contributed by atoms with Gasteiger partial charge in [-0.1, -0.05) is 66.4 Å². The Morgan fingerprint density at radius 1 is 1.03 bits per heavy atom. The van der Waals surface area contributed by atoms with Crippen LogP contribution >= 0.6 is 11.8 Å². The van der Waals surface area contributed by atoms with E-state index in [9.17, 15) is 14.9 Å². The summed E-state index contributed by atoms with van der Waals surface area (Å²) in [5, 5.41) is 23.2. The highest BCUT2D eigenvalue weighted by Crippen LogP contribution is 2.27. The molecule has 4 rings (SSSR count). The Balaban J connectivity index is 1.54. The van der Waals surface area contributed by atoms with Crippen molar-refractivity contribution in [2.75, 3.05) is 11.1 Å². The minimum Gasteiger partial charge on any atom is -0.320 e. The molecule has 33 heavy (non-hydrogen) atoms. The molecule has 0 unspecified atom stereocenters. The highest BCUT2D eigenvalue weighted by Gasteiger charge is 2.19. The first-order chi connectivity index (χ1) is 16.0. The minimum absolute atomic E-state index is 0.0291. The summed E-state index contributed by atoms with van der Waals surface area (Å²) in [7, 11) is 0. The highest BCUT2D eigenvalue weighted by atomic mass is 32.2. The Labute approximate surface area is 194 Å². The molecule has 0 saturated carbocycles. The largest absolute Gasteiger partial charge is 0.320 e. The van der Waals surface area contributed by atoms with Gasteiger partial charge < -0.3 is 5.32 Å². The number of hydrogen-bond donors (Lipinski definition) is 1. The maximum atomic E-state index is 12.6. The SMILES string of the molecule is Cc1ccc(NC(=O)CSc2nnc(Cc3ccccc3)n2-c2ccccc2)c([N+](=O)[O-])c1. The second-order valence-corrected chi connectivity index (χ2v) is 8.29. The van der Waals surface area contributed by atoms with Gasteiger partial charge in [0.05, 0.1) is 10.7 Å². The molecule has 0 spiro atoms. The van der Waals surface area contributed by atoms with E-state index in [-0.39, 0.29) is 23.0 Å². The fraction of sp³-hybridized carbons (Fsp3) is 0.125. The molecule has 1 heterocycles. The molecule has 166 valence electrons. The number of nitrogens with one attached hydrogen (secondary N) is 1. The lowest BCUT2D eigenvalue weighted by Crippen LogP contribution is -2.15. The van der Waals surface area contributed by atoms with Crippen LogP contribution in [0, 0.1) is 17.0 Å². The van der Waals surface area contributed by atoms with Gasteiger partial charge in [0.2, 0.25) is 5.91 Å². The summed E-state index contributed by atoms with van der Waals surface area (Å²) >= 11 is 1.23. The van der Waals surface area contributed by atoms with E-state index >= 15 is 0 Å². The molecule has 0 atom stereocenters. The van der Waals surface area contributed by atoms with Crippen LogP contribution in [0.2, 0.25) is 0 Å². The van der Waals surface area contributed by atoms with Gasteiger partial charge in [0, 0.05) is 18.2 Å². The molecule has 8 nitrogen and oxygen atoms in total. The average molecular weight is 460 g/mol. The van der Waals surface area contributed by atoms with Gasteiger partial charge in [-0.3, -0.25) is 19.5 Å². The molecular formula is C24H21N5O3S. The molecule has 0 bridgehead atoms. The zero-order chi connectivity index (χ0) is 23.2. The summed E-state index contributed by atoms with van der Waals surface area (Å²) in [5.74, 6) is 0.421. The van der Waals surface area contributed by atoms with Crippen molar-refractivity contribution in [2.45, 2.75) is 18.5 Å². The van der Waals surface area contributed by atoms with Crippen LogP contribution in [0.25, 0.3) is 5.69 Å². The number of nitrogens with zero attached hydrogens (tertiary/aromatic N) is 4. The predicted molar refractivity (Wildman–Crippen MR) is 128 cm³/mol. The van der Waals surface area contributed by atoms with Crippen LogP contribution in [0.3, 0.4) is 0 Å². The number of para-hydroxylation sites is 1. The Kier molecular flexibility index (Phi) is 6.80. The lowest BCUT2D eigenvalue weighted by molar-refractivity contribution is -0.384. The molecule has 9 heteroatoms. The van der Waals surface area contributed by atoms with Gasteiger partial charge in [0.1, 0.15) is 11.5 Å². The topological polar surface area (TPSA) is 103 Å². The van der Waals surface area contributed by atoms with Gasteiger partial charge in [-0.15, -0.1) is 10.2 Å². The summed E-state index contributed by atoms with van der Waals surface area (Å²) in [4.78, 5) is 23.4. The van der Waals surface area contributed by atoms with E-state index in [0.29, 0.717) is 11.6 Å². The molecule has 0 aliphatic rings. The number of amides is 1. The Bertz CT molecular complexity index is 1280. The first-order valence-corrected chi connectivity index (χ1v) is 11.2. The molecule has 0 aliphatic carbocycles. The molecule has 1 N–H and O–H groups in total. The van der Waals surface area contributed by atoms with Crippen LogP contribution < -0.4 is 5.32 Å². The highest BCUT2D eigenvalue weighted by molar-refractivity contribution is 7.99. The standard InChI is InChI=1S/C24H21N5O3S/c1-17-12-13-20(21(14-17)29(31)32)25-23(30)16-33-24-27-26-22(15-18-8-4-2-5-9-18)28(24)19-10-6-3-7-11-19/h2-14H,15-16H2,1H3,(H,25,30). The molecule has 3 aromatic carbocycles. The van der Waals surface area contributed by atoms with Crippen molar-refractivity contribution < 1.29 is 9.72 Å². The van der Waals surface area contributed by atoms with Crippen molar-refractivity contribution in [3.63, 3.8) is 0 Å². The average Bonchev–Trinajstić information content (AvgIpc) is 3.22. The number of thioether (sulfide) groups is 1. The number of carbonyl (C=O) groups excluding carboxylic acids is 1. The molecule has 0 radical (unpaired) electrons. The Hall–Kier alpha value is -3.98. The number of aromatic nitrogens is 3. The zero-order valence-electron chi connectivity index (χ0n) is 17.8. The van der Waals surface area contributed by atoms with Gasteiger partial charge in [0.25, 0.3) is 5.69 Å². The number of nitro benzene ring substituents is 1.